The summed E-state index contributed by atoms with van der Waals surface area (Å²) in [6.45, 7) is 1.43. The minimum absolute atomic E-state index is 0.0869. The molecule has 0 aliphatic heterocycles. The first-order valence-corrected chi connectivity index (χ1v) is 10.7. The smallest absolute Gasteiger partial charge is 0.238 e. The molecule has 0 saturated heterocycles. The molecule has 140 valence electrons. The zero-order valence-electron chi connectivity index (χ0n) is 14.8. The van der Waals surface area contributed by atoms with Crippen LogP contribution in [0.2, 0.25) is 0 Å². The Balaban J connectivity index is 1.64. The zero-order chi connectivity index (χ0) is 18.6. The summed E-state index contributed by atoms with van der Waals surface area (Å²) in [6, 6.07) is 11.1. The van der Waals surface area contributed by atoms with Crippen molar-refractivity contribution in [2.24, 2.45) is 0 Å². The second-order valence-corrected chi connectivity index (χ2v) is 9.16. The van der Waals surface area contributed by atoms with Crippen LogP contribution in [0.15, 0.2) is 40.9 Å². The Bertz CT molecular complexity index is 839. The average Bonchev–Trinajstić information content (AvgIpc) is 3.10. The zero-order valence-corrected chi connectivity index (χ0v) is 15.7. The molecule has 3 rings (SSSR count). The minimum atomic E-state index is -3.68. The number of rotatable bonds is 6. The number of hydrogen-bond donors (Lipinski definition) is 1. The lowest BCUT2D eigenvalue weighted by atomic mass is 9.95. The number of carbonyl (C=O) groups is 1. The van der Waals surface area contributed by atoms with Gasteiger partial charge in [-0.1, -0.05) is 54.8 Å². The first kappa shape index (κ1) is 18.6. The van der Waals surface area contributed by atoms with Crippen LogP contribution >= 0.6 is 0 Å². The number of hydrogen-bond acceptors (Lipinski definition) is 5. The third-order valence-corrected chi connectivity index (χ3v) is 6.81. The molecule has 26 heavy (non-hydrogen) atoms. The fraction of sp³-hybridized carbons (Fsp3) is 0.474. The Labute approximate surface area is 153 Å². The van der Waals surface area contributed by atoms with Gasteiger partial charge >= 0.3 is 0 Å². The molecular formula is C19H24N2O4S. The molecular weight excluding hydrogens is 352 g/mol. The van der Waals surface area contributed by atoms with Crippen molar-refractivity contribution in [1.29, 1.82) is 0 Å². The molecule has 1 N–H and O–H groups in total. The van der Waals surface area contributed by atoms with Gasteiger partial charge in [-0.3, -0.25) is 4.79 Å². The highest BCUT2D eigenvalue weighted by Crippen LogP contribution is 2.21. The van der Waals surface area contributed by atoms with Gasteiger partial charge < -0.3 is 9.84 Å². The molecule has 1 aromatic heterocycles. The monoisotopic (exact) mass is 376 g/mol. The average molecular weight is 376 g/mol. The standard InChI is InChI=1S/C19H24N2O4S/c1-14(19(22)20-16-10-6-3-7-11-16)26(23,24)13-17-12-18(21-25-17)15-8-4-2-5-9-15/h2,4-5,8-9,12,14,16H,3,6-7,10-11,13H2,1H3,(H,20,22). The number of nitrogens with zero attached hydrogens (tertiary/aromatic N) is 1. The molecule has 0 bridgehead atoms. The minimum Gasteiger partial charge on any atom is -0.360 e. The second kappa shape index (κ2) is 8.03. The van der Waals surface area contributed by atoms with Gasteiger partial charge in [0.15, 0.2) is 15.6 Å². The molecule has 0 radical (unpaired) electrons. The van der Waals surface area contributed by atoms with E-state index in [1.807, 2.05) is 30.3 Å². The van der Waals surface area contributed by atoms with Crippen molar-refractivity contribution in [3.05, 3.63) is 42.2 Å². The van der Waals surface area contributed by atoms with Gasteiger partial charge in [-0.2, -0.15) is 0 Å². The third-order valence-electron chi connectivity index (χ3n) is 4.83. The molecule has 1 aliphatic carbocycles. The van der Waals surface area contributed by atoms with Gasteiger partial charge in [0.05, 0.1) is 0 Å². The maximum absolute atomic E-state index is 12.6. The molecule has 0 spiro atoms. The summed E-state index contributed by atoms with van der Waals surface area (Å²) in [7, 11) is -3.68. The van der Waals surface area contributed by atoms with E-state index in [2.05, 4.69) is 10.5 Å². The van der Waals surface area contributed by atoms with Crippen LogP contribution in [0, 0.1) is 0 Å². The van der Waals surface area contributed by atoms with Crippen LogP contribution in [-0.4, -0.2) is 30.8 Å². The number of amides is 1. The molecule has 1 fully saturated rings. The van der Waals surface area contributed by atoms with Gasteiger partial charge in [0, 0.05) is 17.7 Å². The van der Waals surface area contributed by atoms with Crippen molar-refractivity contribution in [1.82, 2.24) is 10.5 Å². The van der Waals surface area contributed by atoms with E-state index in [-0.39, 0.29) is 17.6 Å². The summed E-state index contributed by atoms with van der Waals surface area (Å²) in [5, 5.41) is 5.69. The van der Waals surface area contributed by atoms with Crippen LogP contribution in [0.1, 0.15) is 44.8 Å². The van der Waals surface area contributed by atoms with Crippen LogP contribution < -0.4 is 5.32 Å². The highest BCUT2D eigenvalue weighted by atomic mass is 32.2. The Hall–Kier alpha value is -2.15. The highest BCUT2D eigenvalue weighted by molar-refractivity contribution is 7.92. The number of carbonyl (C=O) groups excluding carboxylic acids is 1. The van der Waals surface area contributed by atoms with Gasteiger partial charge in [-0.05, 0) is 19.8 Å². The lowest BCUT2D eigenvalue weighted by Crippen LogP contribution is -2.44. The van der Waals surface area contributed by atoms with Gasteiger partial charge in [-0.25, -0.2) is 8.42 Å². The molecule has 1 heterocycles. The maximum Gasteiger partial charge on any atom is 0.238 e. The van der Waals surface area contributed by atoms with Crippen LogP contribution in [-0.2, 0) is 20.4 Å². The van der Waals surface area contributed by atoms with Gasteiger partial charge in [0.1, 0.15) is 16.7 Å². The van der Waals surface area contributed by atoms with E-state index in [4.69, 9.17) is 4.52 Å². The highest BCUT2D eigenvalue weighted by Gasteiger charge is 2.31. The predicted octanol–water partition coefficient (Wildman–Crippen LogP) is 3.09. The molecule has 1 aliphatic rings. The molecule has 7 heteroatoms. The SMILES string of the molecule is CC(C(=O)NC1CCCCC1)S(=O)(=O)Cc1cc(-c2ccccc2)no1. The number of nitrogens with one attached hydrogen (secondary N) is 1. The van der Waals surface area contributed by atoms with Gasteiger partial charge in [0.2, 0.25) is 5.91 Å². The number of benzene rings is 1. The first-order chi connectivity index (χ1) is 12.5. The molecule has 6 nitrogen and oxygen atoms in total. The Morgan fingerprint density at radius 2 is 1.92 bits per heavy atom. The van der Waals surface area contributed by atoms with Crippen molar-refractivity contribution in [2.45, 2.75) is 56.1 Å². The van der Waals surface area contributed by atoms with Crippen LogP contribution in [0.25, 0.3) is 11.3 Å². The Kier molecular flexibility index (Phi) is 5.76. The molecule has 1 amide bonds. The summed E-state index contributed by atoms with van der Waals surface area (Å²) >= 11 is 0. The Morgan fingerprint density at radius 1 is 1.23 bits per heavy atom. The van der Waals surface area contributed by atoms with Crippen LogP contribution in [0.3, 0.4) is 0 Å². The molecule has 1 atom stereocenters. The maximum atomic E-state index is 12.6. The van der Waals surface area contributed by atoms with Gasteiger partial charge in [0.25, 0.3) is 0 Å². The van der Waals surface area contributed by atoms with E-state index < -0.39 is 21.0 Å². The van der Waals surface area contributed by atoms with Crippen molar-refractivity contribution in [2.75, 3.05) is 0 Å². The van der Waals surface area contributed by atoms with Crippen LogP contribution in [0.4, 0.5) is 0 Å². The van der Waals surface area contributed by atoms with E-state index >= 15 is 0 Å². The topological polar surface area (TPSA) is 89.3 Å². The van der Waals surface area contributed by atoms with Crippen molar-refractivity contribution in [3.8, 4) is 11.3 Å². The van der Waals surface area contributed by atoms with E-state index in [0.717, 1.165) is 31.2 Å². The van der Waals surface area contributed by atoms with Crippen LogP contribution in [0.5, 0.6) is 0 Å². The largest absolute Gasteiger partial charge is 0.360 e. The van der Waals surface area contributed by atoms with Gasteiger partial charge in [-0.15, -0.1) is 0 Å². The summed E-state index contributed by atoms with van der Waals surface area (Å²) in [5.41, 5.74) is 1.43. The molecule has 1 unspecified atom stereocenters. The van der Waals surface area contributed by atoms with E-state index in [1.54, 1.807) is 6.07 Å². The predicted molar refractivity (Wildman–Crippen MR) is 99.0 cm³/mol. The number of aromatic nitrogens is 1. The summed E-state index contributed by atoms with van der Waals surface area (Å²) in [6.07, 6.45) is 5.16. The quantitative estimate of drug-likeness (QED) is 0.837. The molecule has 1 aromatic carbocycles. The van der Waals surface area contributed by atoms with E-state index in [0.29, 0.717) is 5.69 Å². The van der Waals surface area contributed by atoms with Crippen molar-refractivity contribution in [3.63, 3.8) is 0 Å². The summed E-state index contributed by atoms with van der Waals surface area (Å²) in [4.78, 5) is 12.3. The second-order valence-electron chi connectivity index (χ2n) is 6.84. The lowest BCUT2D eigenvalue weighted by molar-refractivity contribution is -0.121. The first-order valence-electron chi connectivity index (χ1n) is 8.98. The molecule has 1 saturated carbocycles. The Morgan fingerprint density at radius 3 is 2.62 bits per heavy atom. The normalized spacial score (nSPS) is 17.0. The van der Waals surface area contributed by atoms with E-state index in [1.165, 1.54) is 13.3 Å². The third kappa shape index (κ3) is 4.52. The lowest BCUT2D eigenvalue weighted by Gasteiger charge is -2.24. The number of sulfone groups is 1. The van der Waals surface area contributed by atoms with Crippen molar-refractivity contribution >= 4 is 15.7 Å². The summed E-state index contributed by atoms with van der Waals surface area (Å²) in [5.74, 6) is -0.535. The van der Waals surface area contributed by atoms with Crippen molar-refractivity contribution < 1.29 is 17.7 Å². The fourth-order valence-corrected chi connectivity index (χ4v) is 4.35. The summed E-state index contributed by atoms with van der Waals surface area (Å²) < 4.78 is 30.3. The van der Waals surface area contributed by atoms with E-state index in [9.17, 15) is 13.2 Å². The molecule has 2 aromatic rings. The fourth-order valence-electron chi connectivity index (χ4n) is 3.18.